The van der Waals surface area contributed by atoms with Gasteiger partial charge in [-0.2, -0.15) is 0 Å². The summed E-state index contributed by atoms with van der Waals surface area (Å²) in [6.45, 7) is 0.411. The van der Waals surface area contributed by atoms with E-state index in [-0.39, 0.29) is 0 Å². The smallest absolute Gasteiger partial charge is 0.130 e. The van der Waals surface area contributed by atoms with E-state index in [0.29, 0.717) is 6.54 Å². The predicted octanol–water partition coefficient (Wildman–Crippen LogP) is 2.84. The van der Waals surface area contributed by atoms with E-state index in [9.17, 15) is 0 Å². The molecule has 0 aliphatic rings. The second-order valence-electron chi connectivity index (χ2n) is 4.27. The van der Waals surface area contributed by atoms with Crippen LogP contribution in [0.3, 0.4) is 0 Å². The Morgan fingerprint density at radius 3 is 1.95 bits per heavy atom. The zero-order valence-corrected chi connectivity index (χ0v) is 12.0. The van der Waals surface area contributed by atoms with Crippen molar-refractivity contribution in [3.63, 3.8) is 0 Å². The molecule has 0 fully saturated rings. The Bertz CT molecular complexity index is 574. The molecule has 4 heteroatoms. The van der Waals surface area contributed by atoms with E-state index in [0.717, 1.165) is 33.9 Å². The van der Waals surface area contributed by atoms with Crippen LogP contribution >= 0.6 is 0 Å². The molecule has 0 bridgehead atoms. The van der Waals surface area contributed by atoms with Crippen molar-refractivity contribution in [1.29, 1.82) is 0 Å². The van der Waals surface area contributed by atoms with Crippen LogP contribution in [0.2, 0.25) is 0 Å². The molecular formula is C16H19NO3. The molecule has 0 aliphatic carbocycles. The van der Waals surface area contributed by atoms with E-state index in [4.69, 9.17) is 19.9 Å². The van der Waals surface area contributed by atoms with Gasteiger partial charge in [0.15, 0.2) is 0 Å². The van der Waals surface area contributed by atoms with Crippen LogP contribution in [0.4, 0.5) is 0 Å². The molecule has 0 atom stereocenters. The summed E-state index contributed by atoms with van der Waals surface area (Å²) < 4.78 is 16.2. The molecule has 0 aromatic heterocycles. The molecule has 20 heavy (non-hydrogen) atoms. The number of nitrogens with two attached hydrogens (primary N) is 1. The highest BCUT2D eigenvalue weighted by molar-refractivity contribution is 5.77. The molecule has 0 amide bonds. The van der Waals surface area contributed by atoms with Gasteiger partial charge in [0.05, 0.1) is 26.9 Å². The molecule has 0 radical (unpaired) electrons. The predicted molar refractivity (Wildman–Crippen MR) is 79.4 cm³/mol. The summed E-state index contributed by atoms with van der Waals surface area (Å²) in [4.78, 5) is 0. The molecule has 0 saturated carbocycles. The van der Waals surface area contributed by atoms with Crippen LogP contribution in [-0.2, 0) is 6.54 Å². The first kappa shape index (κ1) is 14.2. The van der Waals surface area contributed by atoms with Crippen molar-refractivity contribution < 1.29 is 14.2 Å². The van der Waals surface area contributed by atoms with Crippen LogP contribution in [0.5, 0.6) is 17.2 Å². The second kappa shape index (κ2) is 6.30. The average molecular weight is 273 g/mol. The van der Waals surface area contributed by atoms with Gasteiger partial charge in [0.25, 0.3) is 0 Å². The van der Waals surface area contributed by atoms with Gasteiger partial charge in [-0.3, -0.25) is 0 Å². The lowest BCUT2D eigenvalue weighted by atomic mass is 10.0. The van der Waals surface area contributed by atoms with Gasteiger partial charge in [0.2, 0.25) is 0 Å². The minimum Gasteiger partial charge on any atom is -0.496 e. The van der Waals surface area contributed by atoms with Crippen LogP contribution in [0.25, 0.3) is 11.1 Å². The third kappa shape index (κ3) is 2.56. The van der Waals surface area contributed by atoms with E-state index < -0.39 is 0 Å². The van der Waals surface area contributed by atoms with Gasteiger partial charge >= 0.3 is 0 Å². The lowest BCUT2D eigenvalue weighted by Gasteiger charge is -2.15. The van der Waals surface area contributed by atoms with Crippen molar-refractivity contribution in [1.82, 2.24) is 0 Å². The first-order valence-corrected chi connectivity index (χ1v) is 6.33. The van der Waals surface area contributed by atoms with E-state index in [2.05, 4.69) is 0 Å². The largest absolute Gasteiger partial charge is 0.496 e. The summed E-state index contributed by atoms with van der Waals surface area (Å²) in [5.74, 6) is 2.31. The van der Waals surface area contributed by atoms with Gasteiger partial charge < -0.3 is 19.9 Å². The maximum atomic E-state index is 5.77. The fourth-order valence-corrected chi connectivity index (χ4v) is 2.23. The fraction of sp³-hybridized carbons (Fsp3) is 0.250. The van der Waals surface area contributed by atoms with Gasteiger partial charge in [-0.05, 0) is 29.8 Å². The minimum atomic E-state index is 0.411. The van der Waals surface area contributed by atoms with E-state index in [1.54, 1.807) is 21.3 Å². The molecule has 2 aromatic rings. The quantitative estimate of drug-likeness (QED) is 0.910. The van der Waals surface area contributed by atoms with Gasteiger partial charge in [-0.25, -0.2) is 0 Å². The molecule has 0 unspecified atom stereocenters. The molecule has 2 aromatic carbocycles. The first-order chi connectivity index (χ1) is 9.74. The lowest BCUT2D eigenvalue weighted by molar-refractivity contribution is 0.397. The summed E-state index contributed by atoms with van der Waals surface area (Å²) in [6.07, 6.45) is 0. The van der Waals surface area contributed by atoms with Gasteiger partial charge in [-0.15, -0.1) is 0 Å². The summed E-state index contributed by atoms with van der Waals surface area (Å²) in [5.41, 5.74) is 8.61. The van der Waals surface area contributed by atoms with Crippen molar-refractivity contribution in [2.45, 2.75) is 6.54 Å². The third-order valence-electron chi connectivity index (χ3n) is 3.22. The van der Waals surface area contributed by atoms with Gasteiger partial charge in [0.1, 0.15) is 17.2 Å². The minimum absolute atomic E-state index is 0.411. The fourth-order valence-electron chi connectivity index (χ4n) is 2.23. The number of methoxy groups -OCH3 is 3. The molecule has 4 nitrogen and oxygen atoms in total. The Kier molecular flexibility index (Phi) is 4.48. The van der Waals surface area contributed by atoms with Crippen molar-refractivity contribution in [3.05, 3.63) is 42.0 Å². The van der Waals surface area contributed by atoms with Gasteiger partial charge in [0, 0.05) is 12.1 Å². The second-order valence-corrected chi connectivity index (χ2v) is 4.27. The Hall–Kier alpha value is -2.20. The van der Waals surface area contributed by atoms with Crippen LogP contribution < -0.4 is 19.9 Å². The first-order valence-electron chi connectivity index (χ1n) is 6.33. The van der Waals surface area contributed by atoms with Crippen molar-refractivity contribution in [2.75, 3.05) is 21.3 Å². The highest BCUT2D eigenvalue weighted by Crippen LogP contribution is 2.39. The molecule has 0 spiro atoms. The third-order valence-corrected chi connectivity index (χ3v) is 3.22. The monoisotopic (exact) mass is 273 g/mol. The standard InChI is InChI=1S/C16H19NO3/c1-18-13-8-7-11(9-12(13)10-17)16-14(19-2)5-4-6-15(16)20-3/h4-9H,10,17H2,1-3H3. The van der Waals surface area contributed by atoms with Crippen molar-refractivity contribution >= 4 is 0 Å². The Labute approximate surface area is 119 Å². The zero-order valence-electron chi connectivity index (χ0n) is 12.0. The Morgan fingerprint density at radius 2 is 1.45 bits per heavy atom. The molecule has 106 valence electrons. The molecular weight excluding hydrogens is 254 g/mol. The molecule has 0 saturated heterocycles. The molecule has 2 N–H and O–H groups in total. The SMILES string of the molecule is COc1ccc(-c2c(OC)cccc2OC)cc1CN. The highest BCUT2D eigenvalue weighted by atomic mass is 16.5. The molecule has 0 heterocycles. The van der Waals surface area contributed by atoms with Crippen LogP contribution in [0, 0.1) is 0 Å². The van der Waals surface area contributed by atoms with E-state index >= 15 is 0 Å². The summed E-state index contributed by atoms with van der Waals surface area (Å²) in [6, 6.07) is 11.6. The number of hydrogen-bond donors (Lipinski definition) is 1. The van der Waals surface area contributed by atoms with E-state index in [1.165, 1.54) is 0 Å². The summed E-state index contributed by atoms with van der Waals surface area (Å²) in [5, 5.41) is 0. The highest BCUT2D eigenvalue weighted by Gasteiger charge is 2.14. The van der Waals surface area contributed by atoms with Gasteiger partial charge in [-0.1, -0.05) is 12.1 Å². The van der Waals surface area contributed by atoms with Crippen LogP contribution in [0.15, 0.2) is 36.4 Å². The Morgan fingerprint density at radius 1 is 0.850 bits per heavy atom. The maximum absolute atomic E-state index is 5.77. The normalized spacial score (nSPS) is 10.2. The molecule has 2 rings (SSSR count). The van der Waals surface area contributed by atoms with Crippen LogP contribution in [0.1, 0.15) is 5.56 Å². The topological polar surface area (TPSA) is 53.7 Å². The Balaban J connectivity index is 2.61. The number of benzene rings is 2. The summed E-state index contributed by atoms with van der Waals surface area (Å²) in [7, 11) is 4.93. The van der Waals surface area contributed by atoms with Crippen LogP contribution in [-0.4, -0.2) is 21.3 Å². The lowest BCUT2D eigenvalue weighted by Crippen LogP contribution is -2.01. The van der Waals surface area contributed by atoms with E-state index in [1.807, 2.05) is 36.4 Å². The number of rotatable bonds is 5. The van der Waals surface area contributed by atoms with Crippen molar-refractivity contribution in [2.24, 2.45) is 5.73 Å². The molecule has 0 aliphatic heterocycles. The van der Waals surface area contributed by atoms with Crippen molar-refractivity contribution in [3.8, 4) is 28.4 Å². The average Bonchev–Trinajstić information content (AvgIpc) is 2.53. The number of hydrogen-bond acceptors (Lipinski definition) is 4. The number of ether oxygens (including phenoxy) is 3. The zero-order chi connectivity index (χ0) is 14.5. The summed E-state index contributed by atoms with van der Waals surface area (Å²) >= 11 is 0. The maximum Gasteiger partial charge on any atom is 0.130 e.